The topological polar surface area (TPSA) is 101 Å². The number of thiocarbonyl (C=S) groups is 1. The van der Waals surface area contributed by atoms with Gasteiger partial charge in [-0.05, 0) is 57.1 Å². The van der Waals surface area contributed by atoms with Gasteiger partial charge in [-0.3, -0.25) is 10.9 Å². The van der Waals surface area contributed by atoms with Gasteiger partial charge in [-0.15, -0.1) is 0 Å². The molecule has 0 amide bonds. The van der Waals surface area contributed by atoms with Gasteiger partial charge in [-0.2, -0.15) is 10.2 Å². The standard InChI is InChI=1S/C15H21N5O2S/c1-5-22-14(21)13(11(4)17-20-15(16)23)19-18-12-8-6-7-9(2)10(12)3/h6-8,18H,5H2,1-4H3,(H3,16,20,23)/b17-11+,19-13-. The highest BCUT2D eigenvalue weighted by Gasteiger charge is 2.17. The second-order valence-corrected chi connectivity index (χ2v) is 5.15. The van der Waals surface area contributed by atoms with Gasteiger partial charge in [0.25, 0.3) is 0 Å². The smallest absolute Gasteiger partial charge is 0.360 e. The van der Waals surface area contributed by atoms with Crippen LogP contribution in [0.5, 0.6) is 0 Å². The highest BCUT2D eigenvalue weighted by atomic mass is 32.1. The molecule has 0 radical (unpaired) electrons. The number of ether oxygens (including phenoxy) is 1. The van der Waals surface area contributed by atoms with Gasteiger partial charge in [-0.1, -0.05) is 12.1 Å². The summed E-state index contributed by atoms with van der Waals surface area (Å²) in [6.07, 6.45) is 0. The number of nitrogens with zero attached hydrogens (tertiary/aromatic N) is 2. The predicted octanol–water partition coefficient (Wildman–Crippen LogP) is 1.84. The van der Waals surface area contributed by atoms with Crippen molar-refractivity contribution in [3.63, 3.8) is 0 Å². The quantitative estimate of drug-likeness (QED) is 0.317. The predicted molar refractivity (Wildman–Crippen MR) is 96.6 cm³/mol. The second-order valence-electron chi connectivity index (χ2n) is 4.71. The van der Waals surface area contributed by atoms with E-state index in [4.69, 9.17) is 10.5 Å². The number of hydrogen-bond donors (Lipinski definition) is 3. The van der Waals surface area contributed by atoms with Crippen LogP contribution in [0, 0.1) is 13.8 Å². The minimum absolute atomic E-state index is 0.00459. The molecule has 8 heteroatoms. The number of esters is 1. The van der Waals surface area contributed by atoms with E-state index in [-0.39, 0.29) is 17.4 Å². The Morgan fingerprint density at radius 1 is 1.35 bits per heavy atom. The lowest BCUT2D eigenvalue weighted by atomic mass is 10.1. The number of carbonyl (C=O) groups excluding carboxylic acids is 1. The molecule has 0 atom stereocenters. The molecule has 0 unspecified atom stereocenters. The molecule has 0 aliphatic rings. The van der Waals surface area contributed by atoms with Crippen molar-refractivity contribution in [2.24, 2.45) is 15.9 Å². The second kappa shape index (κ2) is 8.84. The summed E-state index contributed by atoms with van der Waals surface area (Å²) in [4.78, 5) is 12.0. The van der Waals surface area contributed by atoms with Gasteiger partial charge in [0, 0.05) is 0 Å². The molecule has 1 rings (SSSR count). The molecule has 124 valence electrons. The van der Waals surface area contributed by atoms with Crippen LogP contribution in [0.2, 0.25) is 0 Å². The first-order valence-corrected chi connectivity index (χ1v) is 7.44. The summed E-state index contributed by atoms with van der Waals surface area (Å²) in [5.74, 6) is -0.587. The van der Waals surface area contributed by atoms with Crippen LogP contribution >= 0.6 is 12.2 Å². The van der Waals surface area contributed by atoms with E-state index < -0.39 is 5.97 Å². The van der Waals surface area contributed by atoms with Crippen LogP contribution in [-0.4, -0.2) is 29.1 Å². The Labute approximate surface area is 141 Å². The zero-order chi connectivity index (χ0) is 17.4. The number of nitrogens with one attached hydrogen (secondary N) is 2. The fourth-order valence-electron chi connectivity index (χ4n) is 1.65. The highest BCUT2D eigenvalue weighted by Crippen LogP contribution is 2.17. The van der Waals surface area contributed by atoms with E-state index in [1.807, 2.05) is 32.0 Å². The van der Waals surface area contributed by atoms with E-state index in [9.17, 15) is 4.79 Å². The molecule has 0 heterocycles. The number of nitrogens with two attached hydrogens (primary N) is 1. The van der Waals surface area contributed by atoms with Crippen LogP contribution in [0.25, 0.3) is 0 Å². The van der Waals surface area contributed by atoms with E-state index in [2.05, 4.69) is 33.3 Å². The van der Waals surface area contributed by atoms with E-state index in [1.54, 1.807) is 13.8 Å². The maximum absolute atomic E-state index is 12.0. The third-order valence-electron chi connectivity index (χ3n) is 3.04. The Hall–Kier alpha value is -2.48. The maximum Gasteiger partial charge on any atom is 0.360 e. The molecule has 0 fully saturated rings. The lowest BCUT2D eigenvalue weighted by Crippen LogP contribution is -2.30. The third kappa shape index (κ3) is 5.67. The van der Waals surface area contributed by atoms with E-state index in [0.29, 0.717) is 5.71 Å². The van der Waals surface area contributed by atoms with Crippen LogP contribution in [-0.2, 0) is 9.53 Å². The SMILES string of the molecule is CCOC(=O)C(=N\Nc1cccc(C)c1C)/C(C)=N/NC(N)=S. The van der Waals surface area contributed by atoms with Gasteiger partial charge in [0.1, 0.15) is 0 Å². The number of aryl methyl sites for hydroxylation is 1. The van der Waals surface area contributed by atoms with Crippen LogP contribution in [0.15, 0.2) is 28.4 Å². The summed E-state index contributed by atoms with van der Waals surface area (Å²) < 4.78 is 4.99. The van der Waals surface area contributed by atoms with Crippen LogP contribution in [0.1, 0.15) is 25.0 Å². The van der Waals surface area contributed by atoms with Crippen molar-refractivity contribution in [2.75, 3.05) is 12.0 Å². The first-order chi connectivity index (χ1) is 10.9. The molecule has 23 heavy (non-hydrogen) atoms. The van der Waals surface area contributed by atoms with Gasteiger partial charge in [0.2, 0.25) is 0 Å². The van der Waals surface area contributed by atoms with Gasteiger partial charge in [-0.25, -0.2) is 4.79 Å². The molecule has 0 saturated heterocycles. The molecule has 0 aliphatic carbocycles. The molecule has 7 nitrogen and oxygen atoms in total. The van der Waals surface area contributed by atoms with Crippen LogP contribution in [0.3, 0.4) is 0 Å². The van der Waals surface area contributed by atoms with Gasteiger partial charge in [0.15, 0.2) is 10.8 Å². The average molecular weight is 335 g/mol. The van der Waals surface area contributed by atoms with Crippen molar-refractivity contribution in [2.45, 2.75) is 27.7 Å². The lowest BCUT2D eigenvalue weighted by Gasteiger charge is -2.10. The number of anilines is 1. The molecular weight excluding hydrogens is 314 g/mol. The zero-order valence-electron chi connectivity index (χ0n) is 13.6. The van der Waals surface area contributed by atoms with Gasteiger partial charge < -0.3 is 10.5 Å². The Balaban J connectivity index is 3.08. The summed E-state index contributed by atoms with van der Waals surface area (Å²) in [5.41, 5.74) is 13.9. The Morgan fingerprint density at radius 2 is 2.04 bits per heavy atom. The van der Waals surface area contributed by atoms with Crippen LogP contribution < -0.4 is 16.6 Å². The summed E-state index contributed by atoms with van der Waals surface area (Å²) in [5, 5.41) is 8.03. The minimum atomic E-state index is -0.587. The fraction of sp³-hybridized carbons (Fsp3) is 0.333. The summed E-state index contributed by atoms with van der Waals surface area (Å²) in [6.45, 7) is 7.51. The van der Waals surface area contributed by atoms with E-state index >= 15 is 0 Å². The van der Waals surface area contributed by atoms with Crippen molar-refractivity contribution in [1.82, 2.24) is 5.43 Å². The molecule has 0 saturated carbocycles. The number of rotatable bonds is 6. The Bertz CT molecular complexity index is 655. The number of carbonyl (C=O) groups is 1. The zero-order valence-corrected chi connectivity index (χ0v) is 14.5. The average Bonchev–Trinajstić information content (AvgIpc) is 2.49. The largest absolute Gasteiger partial charge is 0.461 e. The molecule has 0 bridgehead atoms. The molecular formula is C15H21N5O2S. The van der Waals surface area contributed by atoms with Crippen molar-refractivity contribution < 1.29 is 9.53 Å². The maximum atomic E-state index is 12.0. The van der Waals surface area contributed by atoms with Crippen molar-refractivity contribution in [1.29, 1.82) is 0 Å². The number of hydrazone groups is 2. The van der Waals surface area contributed by atoms with Crippen molar-refractivity contribution >= 4 is 40.4 Å². The summed E-state index contributed by atoms with van der Waals surface area (Å²) in [6, 6.07) is 5.77. The Kier molecular flexibility index (Phi) is 7.14. The van der Waals surface area contributed by atoms with Crippen molar-refractivity contribution in [3.05, 3.63) is 29.3 Å². The first-order valence-electron chi connectivity index (χ1n) is 7.04. The normalized spacial score (nSPS) is 11.8. The minimum Gasteiger partial charge on any atom is -0.461 e. The van der Waals surface area contributed by atoms with Crippen LogP contribution in [0.4, 0.5) is 5.69 Å². The molecule has 4 N–H and O–H groups in total. The van der Waals surface area contributed by atoms with Gasteiger partial charge >= 0.3 is 5.97 Å². The third-order valence-corrected chi connectivity index (χ3v) is 3.13. The molecule has 1 aromatic rings. The van der Waals surface area contributed by atoms with E-state index in [1.165, 1.54) is 0 Å². The first kappa shape index (κ1) is 18.6. The van der Waals surface area contributed by atoms with E-state index in [0.717, 1.165) is 16.8 Å². The molecule has 1 aromatic carbocycles. The lowest BCUT2D eigenvalue weighted by molar-refractivity contribution is -0.134. The Morgan fingerprint density at radius 3 is 2.65 bits per heavy atom. The molecule has 0 aromatic heterocycles. The van der Waals surface area contributed by atoms with Crippen molar-refractivity contribution in [3.8, 4) is 0 Å². The summed E-state index contributed by atoms with van der Waals surface area (Å²) in [7, 11) is 0. The molecule has 0 aliphatic heterocycles. The number of benzene rings is 1. The molecule has 0 spiro atoms. The highest BCUT2D eigenvalue weighted by molar-refractivity contribution is 7.80. The number of hydrogen-bond acceptors (Lipinski definition) is 6. The fourth-order valence-corrected chi connectivity index (χ4v) is 1.70. The summed E-state index contributed by atoms with van der Waals surface area (Å²) >= 11 is 4.68. The monoisotopic (exact) mass is 335 g/mol. The van der Waals surface area contributed by atoms with Gasteiger partial charge in [0.05, 0.1) is 18.0 Å².